The van der Waals surface area contributed by atoms with Gasteiger partial charge in [0.05, 0.1) is 6.10 Å². The predicted molar refractivity (Wildman–Crippen MR) is 70.1 cm³/mol. The van der Waals surface area contributed by atoms with Crippen LogP contribution in [-0.2, 0) is 0 Å². The molecule has 1 rings (SSSR count). The molecule has 0 saturated carbocycles. The van der Waals surface area contributed by atoms with Crippen LogP contribution < -0.4 is 0 Å². The molecule has 0 heterocycles. The minimum atomic E-state index is -0.386. The maximum Gasteiger partial charge on any atom is 0.0695 e. The van der Waals surface area contributed by atoms with Gasteiger partial charge in [-0.05, 0) is 19.4 Å². The third-order valence-electron chi connectivity index (χ3n) is 2.05. The molecule has 0 radical (unpaired) electrons. The van der Waals surface area contributed by atoms with Crippen LogP contribution in [0.5, 0.6) is 0 Å². The average molecular weight is 214 g/mol. The molecule has 16 heavy (non-hydrogen) atoms. The zero-order valence-corrected chi connectivity index (χ0v) is 9.80. The van der Waals surface area contributed by atoms with E-state index in [1.54, 1.807) is 13.0 Å². The lowest BCUT2D eigenvalue weighted by Gasteiger charge is -1.94. The molecule has 0 aromatic heterocycles. The Morgan fingerprint density at radius 3 is 2.50 bits per heavy atom. The summed E-state index contributed by atoms with van der Waals surface area (Å²) < 4.78 is 0. The largest absolute Gasteiger partial charge is 0.389 e. The fraction of sp³-hybridized carbons (Fsp3) is 0.200. The molecule has 0 bridgehead atoms. The van der Waals surface area contributed by atoms with Crippen molar-refractivity contribution in [2.45, 2.75) is 20.0 Å². The van der Waals surface area contributed by atoms with E-state index in [1.807, 2.05) is 36.4 Å². The van der Waals surface area contributed by atoms with E-state index in [0.29, 0.717) is 0 Å². The van der Waals surface area contributed by atoms with Crippen molar-refractivity contribution in [2.24, 2.45) is 0 Å². The van der Waals surface area contributed by atoms with Gasteiger partial charge in [0.1, 0.15) is 0 Å². The Hall–Kier alpha value is -1.60. The molecule has 0 saturated heterocycles. The standard InChI is InChI=1S/C15H18O/c1-13(8-6-7-9-14(2)16)12-15-10-4-3-5-11-15/h3-12,14,16H,1-2H3/b8-6+,9-7+,13-12?. The van der Waals surface area contributed by atoms with Gasteiger partial charge in [0.25, 0.3) is 0 Å². The lowest BCUT2D eigenvalue weighted by atomic mass is 10.1. The molecule has 0 aliphatic rings. The Balaban J connectivity index is 2.59. The second kappa shape index (κ2) is 6.81. The molecule has 1 N–H and O–H groups in total. The van der Waals surface area contributed by atoms with E-state index in [9.17, 15) is 0 Å². The van der Waals surface area contributed by atoms with Crippen LogP contribution in [0.3, 0.4) is 0 Å². The minimum Gasteiger partial charge on any atom is -0.389 e. The summed E-state index contributed by atoms with van der Waals surface area (Å²) in [6.07, 6.45) is 9.28. The highest BCUT2D eigenvalue weighted by Gasteiger charge is 1.86. The van der Waals surface area contributed by atoms with Crippen LogP contribution in [0.1, 0.15) is 19.4 Å². The van der Waals surface area contributed by atoms with Crippen molar-refractivity contribution >= 4 is 6.08 Å². The summed E-state index contributed by atoms with van der Waals surface area (Å²) in [4.78, 5) is 0. The van der Waals surface area contributed by atoms with Gasteiger partial charge in [-0.25, -0.2) is 0 Å². The first-order valence-corrected chi connectivity index (χ1v) is 5.45. The maximum atomic E-state index is 9.02. The van der Waals surface area contributed by atoms with E-state index < -0.39 is 0 Å². The highest BCUT2D eigenvalue weighted by atomic mass is 16.3. The minimum absolute atomic E-state index is 0.386. The lowest BCUT2D eigenvalue weighted by molar-refractivity contribution is 0.244. The summed E-state index contributed by atoms with van der Waals surface area (Å²) in [7, 11) is 0. The summed E-state index contributed by atoms with van der Waals surface area (Å²) in [5.41, 5.74) is 2.38. The maximum absolute atomic E-state index is 9.02. The summed E-state index contributed by atoms with van der Waals surface area (Å²) in [6, 6.07) is 10.2. The SMILES string of the molecule is CC(=Cc1ccccc1)/C=C/C=C/C(C)O. The Labute approximate surface area is 97.4 Å². The second-order valence-electron chi connectivity index (χ2n) is 3.78. The van der Waals surface area contributed by atoms with Gasteiger partial charge in [0.15, 0.2) is 0 Å². The number of allylic oxidation sites excluding steroid dienone is 4. The van der Waals surface area contributed by atoms with E-state index in [2.05, 4.69) is 25.1 Å². The van der Waals surface area contributed by atoms with E-state index in [-0.39, 0.29) is 6.10 Å². The van der Waals surface area contributed by atoms with Gasteiger partial charge in [0, 0.05) is 0 Å². The predicted octanol–water partition coefficient (Wildman–Crippen LogP) is 3.58. The van der Waals surface area contributed by atoms with Crippen LogP contribution in [0.25, 0.3) is 6.08 Å². The topological polar surface area (TPSA) is 20.2 Å². The summed E-state index contributed by atoms with van der Waals surface area (Å²) in [5, 5.41) is 9.02. The van der Waals surface area contributed by atoms with Crippen molar-refractivity contribution in [3.63, 3.8) is 0 Å². The van der Waals surface area contributed by atoms with E-state index in [0.717, 1.165) is 0 Å². The van der Waals surface area contributed by atoms with Gasteiger partial charge >= 0.3 is 0 Å². The number of hydrogen-bond donors (Lipinski definition) is 1. The van der Waals surface area contributed by atoms with E-state index >= 15 is 0 Å². The molecule has 0 spiro atoms. The first-order chi connectivity index (χ1) is 7.68. The van der Waals surface area contributed by atoms with Crippen LogP contribution in [-0.4, -0.2) is 11.2 Å². The molecule has 1 aromatic rings. The Morgan fingerprint density at radius 2 is 1.88 bits per heavy atom. The monoisotopic (exact) mass is 214 g/mol. The average Bonchev–Trinajstić information content (AvgIpc) is 2.25. The van der Waals surface area contributed by atoms with Crippen molar-refractivity contribution in [1.82, 2.24) is 0 Å². The third kappa shape index (κ3) is 5.32. The highest BCUT2D eigenvalue weighted by Crippen LogP contribution is 2.06. The fourth-order valence-corrected chi connectivity index (χ4v) is 1.29. The van der Waals surface area contributed by atoms with Gasteiger partial charge in [-0.15, -0.1) is 0 Å². The highest BCUT2D eigenvalue weighted by molar-refractivity contribution is 5.55. The van der Waals surface area contributed by atoms with Crippen LogP contribution in [0.2, 0.25) is 0 Å². The molecule has 84 valence electrons. The molecule has 1 nitrogen and oxygen atoms in total. The van der Waals surface area contributed by atoms with Crippen LogP contribution in [0.15, 0.2) is 60.2 Å². The smallest absolute Gasteiger partial charge is 0.0695 e. The quantitative estimate of drug-likeness (QED) is 0.759. The van der Waals surface area contributed by atoms with E-state index in [4.69, 9.17) is 5.11 Å². The van der Waals surface area contributed by atoms with Gasteiger partial charge < -0.3 is 5.11 Å². The normalized spacial score (nSPS) is 14.8. The van der Waals surface area contributed by atoms with Gasteiger partial charge in [-0.3, -0.25) is 0 Å². The van der Waals surface area contributed by atoms with E-state index in [1.165, 1.54) is 11.1 Å². The molecule has 0 amide bonds. The lowest BCUT2D eigenvalue weighted by Crippen LogP contribution is -1.90. The zero-order valence-electron chi connectivity index (χ0n) is 9.80. The van der Waals surface area contributed by atoms with Crippen molar-refractivity contribution in [1.29, 1.82) is 0 Å². The van der Waals surface area contributed by atoms with Crippen molar-refractivity contribution in [3.05, 3.63) is 65.8 Å². The molecule has 1 unspecified atom stereocenters. The number of aliphatic hydroxyl groups excluding tert-OH is 1. The summed E-state index contributed by atoms with van der Waals surface area (Å²) in [5.74, 6) is 0. The van der Waals surface area contributed by atoms with Crippen molar-refractivity contribution < 1.29 is 5.11 Å². The number of aliphatic hydroxyl groups is 1. The molecule has 1 heteroatoms. The molecular formula is C15H18O. The Bertz CT molecular complexity index is 383. The summed E-state index contributed by atoms with van der Waals surface area (Å²) >= 11 is 0. The molecule has 0 aliphatic heterocycles. The number of rotatable bonds is 4. The van der Waals surface area contributed by atoms with Gasteiger partial charge in [-0.1, -0.05) is 66.3 Å². The zero-order chi connectivity index (χ0) is 11.8. The van der Waals surface area contributed by atoms with Crippen LogP contribution in [0.4, 0.5) is 0 Å². The number of benzene rings is 1. The third-order valence-corrected chi connectivity index (χ3v) is 2.05. The first-order valence-electron chi connectivity index (χ1n) is 5.45. The van der Waals surface area contributed by atoms with Gasteiger partial charge in [-0.2, -0.15) is 0 Å². The number of hydrogen-bond acceptors (Lipinski definition) is 1. The van der Waals surface area contributed by atoms with Crippen LogP contribution in [0, 0.1) is 0 Å². The Morgan fingerprint density at radius 1 is 1.19 bits per heavy atom. The molecule has 1 atom stereocenters. The Kier molecular flexibility index (Phi) is 5.30. The molecular weight excluding hydrogens is 196 g/mol. The van der Waals surface area contributed by atoms with Crippen molar-refractivity contribution in [3.8, 4) is 0 Å². The molecule has 0 aliphatic carbocycles. The first kappa shape index (κ1) is 12.5. The molecule has 0 fully saturated rings. The van der Waals surface area contributed by atoms with Crippen molar-refractivity contribution in [2.75, 3.05) is 0 Å². The second-order valence-corrected chi connectivity index (χ2v) is 3.78. The summed E-state index contributed by atoms with van der Waals surface area (Å²) in [6.45, 7) is 3.79. The molecule has 1 aromatic carbocycles. The van der Waals surface area contributed by atoms with Gasteiger partial charge in [0.2, 0.25) is 0 Å². The fourth-order valence-electron chi connectivity index (χ4n) is 1.29. The van der Waals surface area contributed by atoms with Crippen LogP contribution >= 0.6 is 0 Å².